The van der Waals surface area contributed by atoms with Crippen LogP contribution in [-0.4, -0.2) is 120 Å². The SMILES string of the molecule is CO[C@H]([C@H](C)/C=C/N(C)C=O)[C@@H](C)C(=O)CC[C@H](C)[C@H](C[C@@H]1OC(=O)C[C@@H](O)C[C@H](C)C[C@H](O)[C@H](C)[C@@H](OC)c2coc(n2)-c2coc(n2)-c2coc(n2)/C=C/C[C@H](OC)[C@H]1C)OC. The molecule has 4 heterocycles. The minimum atomic E-state index is -1.03. The Morgan fingerprint density at radius 1 is 0.922 bits per heavy atom. The molecular weight excluding hydrogens is 829 g/mol. The number of carbonyl (C=O) groups is 3. The van der Waals surface area contributed by atoms with Crippen molar-refractivity contribution in [1.29, 1.82) is 0 Å². The van der Waals surface area contributed by atoms with E-state index in [0.29, 0.717) is 55.1 Å². The number of amides is 1. The number of hydrogen-bond donors (Lipinski definition) is 2. The molecule has 1 aliphatic rings. The van der Waals surface area contributed by atoms with E-state index in [0.717, 1.165) is 0 Å². The first kappa shape index (κ1) is 52.1. The van der Waals surface area contributed by atoms with E-state index >= 15 is 0 Å². The molecule has 0 aromatic carbocycles. The van der Waals surface area contributed by atoms with E-state index in [9.17, 15) is 24.6 Å². The van der Waals surface area contributed by atoms with Crippen LogP contribution in [0.25, 0.3) is 29.2 Å². The molecule has 0 spiro atoms. The van der Waals surface area contributed by atoms with Gasteiger partial charge < -0.3 is 52.0 Å². The number of aliphatic hydroxyl groups is 2. The summed E-state index contributed by atoms with van der Waals surface area (Å²) in [6, 6.07) is 0. The van der Waals surface area contributed by atoms with Gasteiger partial charge in [0.15, 0.2) is 11.4 Å². The van der Waals surface area contributed by atoms with E-state index in [2.05, 4.69) is 15.0 Å². The van der Waals surface area contributed by atoms with Gasteiger partial charge in [-0.3, -0.25) is 14.4 Å². The van der Waals surface area contributed by atoms with Gasteiger partial charge in [-0.25, -0.2) is 15.0 Å². The number of hydrogen-bond acceptors (Lipinski definition) is 16. The zero-order valence-electron chi connectivity index (χ0n) is 39.2. The Morgan fingerprint density at radius 3 is 2.28 bits per heavy atom. The topological polar surface area (TPSA) is 219 Å². The molecule has 0 saturated heterocycles. The highest BCUT2D eigenvalue weighted by Gasteiger charge is 2.35. The number of Topliss-reactive ketones (excluding diaryl/α,β-unsaturated/α-hetero) is 1. The maximum Gasteiger partial charge on any atom is 0.308 e. The van der Waals surface area contributed by atoms with Gasteiger partial charge in [-0.15, -0.1) is 0 Å². The Labute approximate surface area is 376 Å². The smallest absolute Gasteiger partial charge is 0.308 e. The molecule has 1 amide bonds. The van der Waals surface area contributed by atoms with E-state index in [-0.39, 0.29) is 66.6 Å². The summed E-state index contributed by atoms with van der Waals surface area (Å²) in [6.45, 7) is 11.5. The molecule has 13 atom stereocenters. The molecule has 0 unspecified atom stereocenters. The van der Waals surface area contributed by atoms with Crippen LogP contribution < -0.4 is 0 Å². The maximum atomic E-state index is 13.7. The quantitative estimate of drug-likeness (QED) is 0.108. The molecule has 0 saturated carbocycles. The minimum absolute atomic E-state index is 0.0411. The molecule has 2 N–H and O–H groups in total. The van der Waals surface area contributed by atoms with Crippen molar-refractivity contribution >= 4 is 24.2 Å². The van der Waals surface area contributed by atoms with E-state index in [4.69, 9.17) is 36.9 Å². The molecule has 17 heteroatoms. The zero-order chi connectivity index (χ0) is 47.1. The lowest BCUT2D eigenvalue weighted by molar-refractivity contribution is -0.160. The number of fused-ring (bicyclic) bond motifs is 8. The summed E-state index contributed by atoms with van der Waals surface area (Å²) in [5, 5.41) is 22.5. The number of aromatic nitrogens is 3. The van der Waals surface area contributed by atoms with Crippen molar-refractivity contribution in [2.75, 3.05) is 35.5 Å². The van der Waals surface area contributed by atoms with Crippen molar-refractivity contribution in [3.05, 3.63) is 48.7 Å². The monoisotopic (exact) mass is 898 g/mol. The van der Waals surface area contributed by atoms with Gasteiger partial charge in [0.2, 0.25) is 24.1 Å². The lowest BCUT2D eigenvalue weighted by Crippen LogP contribution is -2.39. The summed E-state index contributed by atoms with van der Waals surface area (Å²) >= 11 is 0. The fraction of sp³-hybridized carbons (Fsp3) is 0.660. The Hall–Kier alpha value is -4.52. The highest BCUT2D eigenvalue weighted by Crippen LogP contribution is 2.34. The van der Waals surface area contributed by atoms with Gasteiger partial charge in [-0.05, 0) is 43.6 Å². The second kappa shape index (κ2) is 25.2. The summed E-state index contributed by atoms with van der Waals surface area (Å²) in [7, 11) is 7.94. The number of nitrogens with zero attached hydrogens (tertiary/aromatic N) is 4. The number of rotatable bonds is 16. The van der Waals surface area contributed by atoms with Gasteiger partial charge in [-0.1, -0.05) is 53.7 Å². The number of cyclic esters (lactones) is 1. The molecule has 0 fully saturated rings. The first-order chi connectivity index (χ1) is 30.5. The molecule has 17 nitrogen and oxygen atoms in total. The average Bonchev–Trinajstić information content (AvgIpc) is 4.07. The van der Waals surface area contributed by atoms with E-state index in [1.807, 2.05) is 53.7 Å². The summed E-state index contributed by atoms with van der Waals surface area (Å²) in [6.07, 6.45) is 9.48. The third kappa shape index (κ3) is 14.5. The molecule has 356 valence electrons. The fourth-order valence-corrected chi connectivity index (χ4v) is 8.46. The Bertz CT molecular complexity index is 1940. The predicted molar refractivity (Wildman–Crippen MR) is 236 cm³/mol. The molecule has 4 rings (SSSR count). The van der Waals surface area contributed by atoms with Crippen LogP contribution in [-0.2, 0) is 38.1 Å². The first-order valence-corrected chi connectivity index (χ1v) is 22.1. The van der Waals surface area contributed by atoms with Gasteiger partial charge in [0, 0.05) is 78.2 Å². The number of ether oxygens (including phenoxy) is 5. The van der Waals surface area contributed by atoms with Gasteiger partial charge in [0.25, 0.3) is 0 Å². The van der Waals surface area contributed by atoms with Gasteiger partial charge >= 0.3 is 5.97 Å². The Morgan fingerprint density at radius 2 is 1.61 bits per heavy atom. The second-order valence-corrected chi connectivity index (χ2v) is 17.5. The van der Waals surface area contributed by atoms with Crippen molar-refractivity contribution < 1.29 is 61.5 Å². The number of ketones is 1. The molecule has 1 aliphatic heterocycles. The number of esters is 1. The van der Waals surface area contributed by atoms with Crippen LogP contribution in [0.5, 0.6) is 0 Å². The van der Waals surface area contributed by atoms with E-state index in [1.165, 1.54) is 30.8 Å². The lowest BCUT2D eigenvalue weighted by atomic mass is 9.84. The second-order valence-electron chi connectivity index (χ2n) is 17.5. The van der Waals surface area contributed by atoms with Crippen LogP contribution in [0.15, 0.2) is 50.4 Å². The summed E-state index contributed by atoms with van der Waals surface area (Å²) < 4.78 is 46.8. The number of oxazole rings is 3. The fourth-order valence-electron chi connectivity index (χ4n) is 8.46. The van der Waals surface area contributed by atoms with Crippen molar-refractivity contribution in [3.8, 4) is 23.2 Å². The van der Waals surface area contributed by atoms with E-state index < -0.39 is 54.4 Å². The normalized spacial score (nSPS) is 27.0. The van der Waals surface area contributed by atoms with Crippen LogP contribution in [0.4, 0.5) is 0 Å². The van der Waals surface area contributed by atoms with Gasteiger partial charge in [-0.2, -0.15) is 0 Å². The third-order valence-corrected chi connectivity index (χ3v) is 12.6. The van der Waals surface area contributed by atoms with Crippen molar-refractivity contribution in [2.45, 2.75) is 129 Å². The lowest BCUT2D eigenvalue weighted by Gasteiger charge is -2.34. The largest absolute Gasteiger partial charge is 0.462 e. The van der Waals surface area contributed by atoms with Crippen molar-refractivity contribution in [3.63, 3.8) is 0 Å². The third-order valence-electron chi connectivity index (χ3n) is 12.6. The van der Waals surface area contributed by atoms with Crippen LogP contribution in [0.2, 0.25) is 0 Å². The molecule has 0 radical (unpaired) electrons. The Kier molecular flexibility index (Phi) is 20.6. The van der Waals surface area contributed by atoms with Crippen LogP contribution >= 0.6 is 0 Å². The highest BCUT2D eigenvalue weighted by atomic mass is 16.6. The standard InChI is InChI=1S/C47H70N4O13/c1-27-19-33(53)21-43(56)64-41(22-40(58-9)28(2)15-16-37(54)30(4)44(59-10)29(3)17-18-51(7)26-52)32(6)39(57-8)13-12-14-42-48-35(24-61-42)46-50-36(25-63-46)47-49-34(23-62-47)45(60-11)31(5)38(55)20-27/h12,14,17-18,23-33,38-41,44-45,53,55H,13,15-16,19-22H2,1-11H3/b14-12+,18-17+/t27-,28-,29+,30-,31-,32+,33-,38-,39-,40-,41-,44+,45+/m0/s1. The summed E-state index contributed by atoms with van der Waals surface area (Å²) in [4.78, 5) is 53.2. The van der Waals surface area contributed by atoms with Gasteiger partial charge in [0.1, 0.15) is 42.5 Å². The van der Waals surface area contributed by atoms with Crippen molar-refractivity contribution in [2.24, 2.45) is 35.5 Å². The first-order valence-electron chi connectivity index (χ1n) is 22.1. The summed E-state index contributed by atoms with van der Waals surface area (Å²) in [5.41, 5.74) is 1.16. The van der Waals surface area contributed by atoms with Crippen LogP contribution in [0.3, 0.4) is 0 Å². The van der Waals surface area contributed by atoms with Crippen LogP contribution in [0, 0.1) is 35.5 Å². The average molecular weight is 899 g/mol. The zero-order valence-corrected chi connectivity index (χ0v) is 39.2. The van der Waals surface area contributed by atoms with Crippen LogP contribution in [0.1, 0.15) is 104 Å². The highest BCUT2D eigenvalue weighted by molar-refractivity contribution is 5.81. The molecule has 0 aliphatic carbocycles. The molecule has 64 heavy (non-hydrogen) atoms. The van der Waals surface area contributed by atoms with Gasteiger partial charge in [0.05, 0.1) is 36.9 Å². The maximum absolute atomic E-state index is 13.7. The molecular formula is C47H70N4O13. The van der Waals surface area contributed by atoms with Crippen molar-refractivity contribution in [1.82, 2.24) is 19.9 Å². The summed E-state index contributed by atoms with van der Waals surface area (Å²) in [5.74, 6) is -1.41. The predicted octanol–water partition coefficient (Wildman–Crippen LogP) is 7.10. The number of aliphatic hydroxyl groups excluding tert-OH is 2. The molecule has 3 aromatic heterocycles. The van der Waals surface area contributed by atoms with E-state index in [1.54, 1.807) is 40.7 Å². The number of carbonyl (C=O) groups excluding carboxylic acids is 3. The number of methoxy groups -OCH3 is 4. The molecule has 3 aromatic rings. The molecule has 6 bridgehead atoms. The Balaban J connectivity index is 1.55. The minimum Gasteiger partial charge on any atom is -0.462 e.